The lowest BCUT2D eigenvalue weighted by Crippen LogP contribution is -2.44. The van der Waals surface area contributed by atoms with Crippen LogP contribution < -0.4 is 36.3 Å². The molecule has 0 aliphatic carbocycles. The van der Waals surface area contributed by atoms with Crippen molar-refractivity contribution < 1.29 is 86.4 Å². The molecule has 0 spiro atoms. The second kappa shape index (κ2) is 35.3. The molecule has 3 aromatic rings. The predicted octanol–water partition coefficient (Wildman–Crippen LogP) is 1.42. The highest BCUT2D eigenvalue weighted by molar-refractivity contribution is 6.13. The summed E-state index contributed by atoms with van der Waals surface area (Å²) in [5, 5.41) is 36.1. The van der Waals surface area contributed by atoms with Crippen molar-refractivity contribution in [3.05, 3.63) is 81.9 Å². The number of hydroxylamine groups is 2. The van der Waals surface area contributed by atoms with E-state index in [1.807, 2.05) is 13.8 Å². The highest BCUT2D eigenvalue weighted by Crippen LogP contribution is 2.42. The quantitative estimate of drug-likeness (QED) is 0.0158. The second-order valence-electron chi connectivity index (χ2n) is 19.7. The van der Waals surface area contributed by atoms with Gasteiger partial charge in [-0.3, -0.25) is 33.7 Å². The average Bonchev–Trinajstić information content (AvgIpc) is 1.77. The molecule has 0 saturated carbocycles. The molecule has 27 heteroatoms. The molecule has 1 aromatic carbocycles. The molecule has 1 atom stereocenters. The predicted molar refractivity (Wildman–Crippen MR) is 302 cm³/mol. The molecule has 2 aromatic heterocycles. The Labute approximate surface area is 487 Å². The van der Waals surface area contributed by atoms with Crippen molar-refractivity contribution in [2.75, 3.05) is 145 Å². The summed E-state index contributed by atoms with van der Waals surface area (Å²) in [5.41, 5.74) is 3.43. The summed E-state index contributed by atoms with van der Waals surface area (Å²) in [6.45, 7) is 20.5. The number of pyridine rings is 2. The van der Waals surface area contributed by atoms with E-state index in [1.165, 1.54) is 29.7 Å². The number of aromatic nitrogens is 2. The van der Waals surface area contributed by atoms with Crippen molar-refractivity contribution >= 4 is 40.5 Å². The fraction of sp³-hybridized carbons (Fsp3) is 0.561. The van der Waals surface area contributed by atoms with Crippen LogP contribution in [0, 0.1) is 5.92 Å². The van der Waals surface area contributed by atoms with Crippen molar-refractivity contribution in [1.29, 1.82) is 0 Å². The number of hydrogen-bond donors (Lipinski definition) is 6. The number of ether oxygens (including phenoxy) is 11. The average molecular weight is 1180 g/mol. The van der Waals surface area contributed by atoms with Gasteiger partial charge in [-0.2, -0.15) is 5.06 Å². The molecular weight excluding hydrogens is 1100 g/mol. The molecular formula is C57H80N8O19. The summed E-state index contributed by atoms with van der Waals surface area (Å²) in [4.78, 5) is 78.7. The Morgan fingerprint density at radius 3 is 1.85 bits per heavy atom. The first-order chi connectivity index (χ1) is 40.6. The lowest BCUT2D eigenvalue weighted by molar-refractivity contribution is -0.142. The number of rotatable bonds is 44. The third-order valence-corrected chi connectivity index (χ3v) is 13.1. The molecule has 84 heavy (non-hydrogen) atoms. The minimum atomic E-state index is -0.591. The molecule has 462 valence electrons. The van der Waals surface area contributed by atoms with E-state index >= 15 is 0 Å². The topological polar surface area (TPSA) is 317 Å². The molecule has 0 bridgehead atoms. The first kappa shape index (κ1) is 66.1. The standard InChI is InChI=1S/C57H80N8O19/c1-38(2)55(62-52(69)9-14-74-16-18-76-20-22-78-24-26-80-28-29-81-27-25-79-23-21-77-19-17-75-15-11-59-51(68)8-12-64-53(70)6-7-54(64)71)40(4)60-33-39(3)58-10-13-63(73)34-43-42-30-49-50(84-37-83-49)31-46(42)61-56-44(43)35-65-47(56)32-48(67)45(57(65)72)36-82-41(5)66/h6-7,30-32,38,55,58,60,67,73H,3-4,8-29,33-37H2,1-2,5H3,(H,59,68)(H,62,69). The normalized spacial score (nSPS) is 13.5. The van der Waals surface area contributed by atoms with E-state index in [0.29, 0.717) is 175 Å². The van der Waals surface area contributed by atoms with Crippen molar-refractivity contribution in [3.8, 4) is 28.6 Å². The molecule has 6 N–H and O–H groups in total. The molecule has 1 unspecified atom stereocenters. The maximum absolute atomic E-state index is 13.6. The number of fused-ring (bicyclic) bond motifs is 5. The number of hydrogen-bond acceptors (Lipinski definition) is 23. The van der Waals surface area contributed by atoms with E-state index in [9.17, 15) is 39.1 Å². The first-order valence-corrected chi connectivity index (χ1v) is 27.9. The fourth-order valence-corrected chi connectivity index (χ4v) is 8.76. The Morgan fingerprint density at radius 2 is 1.27 bits per heavy atom. The van der Waals surface area contributed by atoms with Gasteiger partial charge >= 0.3 is 5.97 Å². The zero-order valence-corrected chi connectivity index (χ0v) is 48.2. The maximum atomic E-state index is 13.6. The van der Waals surface area contributed by atoms with Crippen LogP contribution in [-0.4, -0.2) is 211 Å². The number of imide groups is 1. The molecule has 3 aliphatic rings. The van der Waals surface area contributed by atoms with Crippen LogP contribution in [0.5, 0.6) is 17.2 Å². The van der Waals surface area contributed by atoms with E-state index in [1.54, 1.807) is 12.1 Å². The number of aromatic hydroxyl groups is 1. The van der Waals surface area contributed by atoms with Crippen LogP contribution in [0.1, 0.15) is 50.3 Å². The largest absolute Gasteiger partial charge is 0.507 e. The number of carbonyl (C=O) groups is 5. The van der Waals surface area contributed by atoms with Gasteiger partial charge in [0.05, 0.1) is 147 Å². The summed E-state index contributed by atoms with van der Waals surface area (Å²) in [6.07, 6.45) is 2.56. The zero-order chi connectivity index (χ0) is 60.2. The van der Waals surface area contributed by atoms with Crippen molar-refractivity contribution in [3.63, 3.8) is 0 Å². The third-order valence-electron chi connectivity index (χ3n) is 13.1. The SMILES string of the molecule is C=C(CNC(=C)C(NC(=O)CCOCCOCCOCCOCCOCCOCCOCCOCCNC(=O)CCN1C(=O)C=CC1=O)C(C)C)NCCN(O)Cc1c2c(nc3cc4c(cc13)OCO4)-c1cc(O)c(COC(C)=O)c(=O)n1C2. The molecule has 27 nitrogen and oxygen atoms in total. The minimum absolute atomic E-state index is 0.0291. The van der Waals surface area contributed by atoms with Gasteiger partial charge in [0.25, 0.3) is 17.4 Å². The van der Waals surface area contributed by atoms with Gasteiger partial charge in [0.2, 0.25) is 18.6 Å². The van der Waals surface area contributed by atoms with E-state index in [2.05, 4.69) is 34.4 Å². The van der Waals surface area contributed by atoms with Crippen LogP contribution in [0.25, 0.3) is 22.3 Å². The summed E-state index contributed by atoms with van der Waals surface area (Å²) in [5.74, 6) is -1.13. The molecule has 6 rings (SSSR count). The Balaban J connectivity index is 0.726. The van der Waals surface area contributed by atoms with Gasteiger partial charge in [0, 0.05) is 99.1 Å². The Kier molecular flexibility index (Phi) is 27.8. The Hall–Kier alpha value is -7.05. The van der Waals surface area contributed by atoms with E-state index in [4.69, 9.17) is 57.1 Å². The van der Waals surface area contributed by atoms with Crippen LogP contribution >= 0.6 is 0 Å². The van der Waals surface area contributed by atoms with Gasteiger partial charge in [0.15, 0.2) is 11.5 Å². The van der Waals surface area contributed by atoms with Gasteiger partial charge in [-0.05, 0) is 17.5 Å². The first-order valence-electron chi connectivity index (χ1n) is 27.9. The number of benzene rings is 1. The second-order valence-corrected chi connectivity index (χ2v) is 19.7. The summed E-state index contributed by atoms with van der Waals surface area (Å²) in [7, 11) is 0. The molecule has 4 amide bonds. The molecule has 0 saturated heterocycles. The number of amides is 4. The number of nitrogens with zero attached hydrogens (tertiary/aromatic N) is 4. The Morgan fingerprint density at radius 1 is 0.714 bits per heavy atom. The van der Waals surface area contributed by atoms with E-state index in [-0.39, 0.29) is 94.1 Å². The van der Waals surface area contributed by atoms with Crippen LogP contribution in [-0.2, 0) is 86.3 Å². The van der Waals surface area contributed by atoms with Gasteiger partial charge in [-0.25, -0.2) is 4.98 Å². The zero-order valence-electron chi connectivity index (χ0n) is 48.2. The van der Waals surface area contributed by atoms with Gasteiger partial charge in [0.1, 0.15) is 12.4 Å². The van der Waals surface area contributed by atoms with Gasteiger partial charge < -0.3 is 88.3 Å². The third kappa shape index (κ3) is 21.2. The molecule has 0 fully saturated rings. The summed E-state index contributed by atoms with van der Waals surface area (Å²) in [6, 6.07) is 4.61. The van der Waals surface area contributed by atoms with E-state index < -0.39 is 23.3 Å². The van der Waals surface area contributed by atoms with Crippen molar-refractivity contribution in [2.24, 2.45) is 5.92 Å². The highest BCUT2D eigenvalue weighted by Gasteiger charge is 2.31. The van der Waals surface area contributed by atoms with Crippen LogP contribution in [0.15, 0.2) is 59.7 Å². The molecule has 5 heterocycles. The van der Waals surface area contributed by atoms with Crippen molar-refractivity contribution in [2.45, 2.75) is 59.4 Å². The Bertz CT molecular complexity index is 2790. The lowest BCUT2D eigenvalue weighted by atomic mass is 9.99. The number of carbonyl (C=O) groups excluding carboxylic acids is 5. The smallest absolute Gasteiger partial charge is 0.302 e. The van der Waals surface area contributed by atoms with Crippen LogP contribution in [0.3, 0.4) is 0 Å². The number of nitrogens with one attached hydrogen (secondary N) is 4. The van der Waals surface area contributed by atoms with Crippen molar-refractivity contribution in [1.82, 2.24) is 40.8 Å². The van der Waals surface area contributed by atoms with Gasteiger partial charge in [-0.1, -0.05) is 27.0 Å². The molecule has 3 aliphatic heterocycles. The maximum Gasteiger partial charge on any atom is 0.302 e. The lowest BCUT2D eigenvalue weighted by Gasteiger charge is -2.26. The van der Waals surface area contributed by atoms with Gasteiger partial charge in [-0.15, -0.1) is 0 Å². The summed E-state index contributed by atoms with van der Waals surface area (Å²) >= 11 is 0. The van der Waals surface area contributed by atoms with Crippen LogP contribution in [0.4, 0.5) is 0 Å². The van der Waals surface area contributed by atoms with E-state index in [0.717, 1.165) is 9.96 Å². The molecule has 0 radical (unpaired) electrons. The van der Waals surface area contributed by atoms with Crippen LogP contribution in [0.2, 0.25) is 0 Å². The summed E-state index contributed by atoms with van der Waals surface area (Å²) < 4.78 is 61.9. The fourth-order valence-electron chi connectivity index (χ4n) is 8.76. The minimum Gasteiger partial charge on any atom is -0.507 e. The highest BCUT2D eigenvalue weighted by atomic mass is 16.7. The monoisotopic (exact) mass is 1180 g/mol. The number of esters is 1.